The predicted octanol–water partition coefficient (Wildman–Crippen LogP) is -1.50. The van der Waals surface area contributed by atoms with Crippen molar-refractivity contribution in [2.75, 3.05) is 39.9 Å². The van der Waals surface area contributed by atoms with Crippen LogP contribution in [0.2, 0.25) is 0 Å². The molecule has 0 aromatic carbocycles. The lowest BCUT2D eigenvalue weighted by molar-refractivity contribution is -0.160. The van der Waals surface area contributed by atoms with Crippen molar-refractivity contribution in [2.24, 2.45) is 0 Å². The first kappa shape index (κ1) is 13.4. The number of hydrogen-bond donors (Lipinski definition) is 1. The van der Waals surface area contributed by atoms with E-state index >= 15 is 0 Å². The van der Waals surface area contributed by atoms with Gasteiger partial charge in [0.15, 0.2) is 6.10 Å². The predicted molar refractivity (Wildman–Crippen MR) is 56.8 cm³/mol. The van der Waals surface area contributed by atoms with Gasteiger partial charge in [-0.25, -0.2) is 4.79 Å². The Morgan fingerprint density at radius 3 is 3.06 bits per heavy atom. The van der Waals surface area contributed by atoms with E-state index < -0.39 is 12.1 Å². The summed E-state index contributed by atoms with van der Waals surface area (Å²) in [6, 6.07) is 1.82. The molecule has 0 bridgehead atoms. The molecule has 1 unspecified atom stereocenters. The molecule has 17 heavy (non-hydrogen) atoms. The van der Waals surface area contributed by atoms with Gasteiger partial charge in [0.25, 0.3) is 0 Å². The number of ether oxygens (including phenoxy) is 2. The van der Waals surface area contributed by atoms with Crippen molar-refractivity contribution in [3.8, 4) is 6.07 Å². The van der Waals surface area contributed by atoms with Gasteiger partial charge >= 0.3 is 5.97 Å². The molecule has 1 aliphatic rings. The standard InChI is InChI=1S/C10H15N3O4/c1-16-10(15)8-6-13(4-5-17-8)7-9(14)12-3-2-11/h8H,3-7H2,1H3,(H,12,14). The average molecular weight is 241 g/mol. The summed E-state index contributed by atoms with van der Waals surface area (Å²) >= 11 is 0. The Morgan fingerprint density at radius 2 is 2.41 bits per heavy atom. The highest BCUT2D eigenvalue weighted by Gasteiger charge is 2.28. The molecule has 0 radical (unpaired) electrons. The molecule has 0 aliphatic carbocycles. The number of nitrogens with zero attached hydrogens (tertiary/aromatic N) is 2. The Balaban J connectivity index is 2.37. The van der Waals surface area contributed by atoms with Crippen molar-refractivity contribution in [1.29, 1.82) is 5.26 Å². The molecule has 0 aromatic rings. The Hall–Kier alpha value is -1.65. The Morgan fingerprint density at radius 1 is 1.65 bits per heavy atom. The fourth-order valence-electron chi connectivity index (χ4n) is 1.52. The average Bonchev–Trinajstić information content (AvgIpc) is 2.35. The third kappa shape index (κ3) is 4.38. The van der Waals surface area contributed by atoms with Crippen LogP contribution in [0, 0.1) is 11.3 Å². The number of morpholine rings is 1. The number of methoxy groups -OCH3 is 1. The molecule has 1 rings (SSSR count). The molecule has 0 saturated carbocycles. The summed E-state index contributed by atoms with van der Waals surface area (Å²) in [4.78, 5) is 24.4. The number of nitrogens with one attached hydrogen (secondary N) is 1. The second kappa shape index (κ2) is 6.83. The van der Waals surface area contributed by atoms with Gasteiger partial charge < -0.3 is 14.8 Å². The molecule has 1 fully saturated rings. The van der Waals surface area contributed by atoms with E-state index in [1.165, 1.54) is 7.11 Å². The topological polar surface area (TPSA) is 91.7 Å². The smallest absolute Gasteiger partial charge is 0.336 e. The van der Waals surface area contributed by atoms with Gasteiger partial charge in [-0.1, -0.05) is 0 Å². The monoisotopic (exact) mass is 241 g/mol. The van der Waals surface area contributed by atoms with Crippen molar-refractivity contribution in [2.45, 2.75) is 6.10 Å². The molecule has 1 amide bonds. The second-order valence-electron chi connectivity index (χ2n) is 3.55. The van der Waals surface area contributed by atoms with E-state index in [2.05, 4.69) is 10.1 Å². The third-order valence-corrected chi connectivity index (χ3v) is 2.35. The van der Waals surface area contributed by atoms with E-state index in [0.29, 0.717) is 19.7 Å². The maximum absolute atomic E-state index is 11.4. The van der Waals surface area contributed by atoms with Gasteiger partial charge in [-0.2, -0.15) is 5.26 Å². The molecular weight excluding hydrogens is 226 g/mol. The van der Waals surface area contributed by atoms with Gasteiger partial charge in [0.2, 0.25) is 5.91 Å². The molecule has 0 aromatic heterocycles. The van der Waals surface area contributed by atoms with Crippen LogP contribution in [-0.4, -0.2) is 62.8 Å². The number of rotatable bonds is 4. The SMILES string of the molecule is COC(=O)C1CN(CC(=O)NCC#N)CCO1. The summed E-state index contributed by atoms with van der Waals surface area (Å²) in [7, 11) is 1.30. The zero-order valence-electron chi connectivity index (χ0n) is 9.64. The number of amides is 1. The van der Waals surface area contributed by atoms with Gasteiger partial charge in [0, 0.05) is 13.1 Å². The van der Waals surface area contributed by atoms with Crippen LogP contribution in [0.15, 0.2) is 0 Å². The molecule has 1 N–H and O–H groups in total. The largest absolute Gasteiger partial charge is 0.467 e. The fraction of sp³-hybridized carbons (Fsp3) is 0.700. The zero-order chi connectivity index (χ0) is 12.7. The van der Waals surface area contributed by atoms with Gasteiger partial charge in [-0.15, -0.1) is 0 Å². The maximum atomic E-state index is 11.4. The second-order valence-corrected chi connectivity index (χ2v) is 3.55. The lowest BCUT2D eigenvalue weighted by Crippen LogP contribution is -2.49. The summed E-state index contributed by atoms with van der Waals surface area (Å²) in [5.41, 5.74) is 0. The highest BCUT2D eigenvalue weighted by molar-refractivity contribution is 5.78. The summed E-state index contributed by atoms with van der Waals surface area (Å²) in [5, 5.41) is 10.7. The summed E-state index contributed by atoms with van der Waals surface area (Å²) < 4.78 is 9.80. The Labute approximate surface area is 99.3 Å². The van der Waals surface area contributed by atoms with Gasteiger partial charge in [0.1, 0.15) is 6.54 Å². The number of hydrogen-bond acceptors (Lipinski definition) is 6. The van der Waals surface area contributed by atoms with Crippen molar-refractivity contribution in [3.63, 3.8) is 0 Å². The third-order valence-electron chi connectivity index (χ3n) is 2.35. The number of nitriles is 1. The molecule has 0 spiro atoms. The van der Waals surface area contributed by atoms with Crippen LogP contribution in [-0.2, 0) is 19.1 Å². The number of esters is 1. The van der Waals surface area contributed by atoms with Gasteiger partial charge in [0.05, 0.1) is 26.3 Å². The highest BCUT2D eigenvalue weighted by Crippen LogP contribution is 2.06. The molecule has 1 heterocycles. The maximum Gasteiger partial charge on any atom is 0.336 e. The minimum absolute atomic E-state index is 0.0103. The van der Waals surface area contributed by atoms with Crippen LogP contribution in [0.25, 0.3) is 0 Å². The van der Waals surface area contributed by atoms with Crippen LogP contribution in [0.4, 0.5) is 0 Å². The summed E-state index contributed by atoms with van der Waals surface area (Å²) in [6.45, 7) is 1.42. The normalized spacial score (nSPS) is 20.4. The van der Waals surface area contributed by atoms with Crippen LogP contribution >= 0.6 is 0 Å². The quantitative estimate of drug-likeness (QED) is 0.476. The van der Waals surface area contributed by atoms with Crippen LogP contribution in [0.5, 0.6) is 0 Å². The number of carbonyl (C=O) groups is 2. The highest BCUT2D eigenvalue weighted by atomic mass is 16.6. The van der Waals surface area contributed by atoms with Crippen molar-refractivity contribution in [1.82, 2.24) is 10.2 Å². The van der Waals surface area contributed by atoms with Gasteiger partial charge in [-0.05, 0) is 0 Å². The van der Waals surface area contributed by atoms with Crippen LogP contribution in [0.1, 0.15) is 0 Å². The van der Waals surface area contributed by atoms with Crippen LogP contribution < -0.4 is 5.32 Å². The molecule has 7 heteroatoms. The molecular formula is C10H15N3O4. The lowest BCUT2D eigenvalue weighted by atomic mass is 10.2. The molecule has 1 aliphatic heterocycles. The molecule has 1 atom stereocenters. The minimum atomic E-state index is -0.641. The van der Waals surface area contributed by atoms with Crippen LogP contribution in [0.3, 0.4) is 0 Å². The fourth-order valence-corrected chi connectivity index (χ4v) is 1.52. The minimum Gasteiger partial charge on any atom is -0.467 e. The molecule has 7 nitrogen and oxygen atoms in total. The van der Waals surface area contributed by atoms with E-state index in [-0.39, 0.29) is 19.0 Å². The van der Waals surface area contributed by atoms with Gasteiger partial charge in [-0.3, -0.25) is 9.69 Å². The first-order valence-electron chi connectivity index (χ1n) is 5.22. The van der Waals surface area contributed by atoms with E-state index in [9.17, 15) is 9.59 Å². The summed E-state index contributed by atoms with van der Waals surface area (Å²) in [6.07, 6.45) is -0.641. The van der Waals surface area contributed by atoms with E-state index in [0.717, 1.165) is 0 Å². The zero-order valence-corrected chi connectivity index (χ0v) is 9.64. The first-order valence-corrected chi connectivity index (χ1v) is 5.22. The molecule has 1 saturated heterocycles. The van der Waals surface area contributed by atoms with Crippen molar-refractivity contribution in [3.05, 3.63) is 0 Å². The van der Waals surface area contributed by atoms with E-state index in [1.54, 1.807) is 4.90 Å². The Kier molecular flexibility index (Phi) is 5.39. The lowest BCUT2D eigenvalue weighted by Gasteiger charge is -2.30. The number of carbonyl (C=O) groups excluding carboxylic acids is 2. The Bertz CT molecular complexity index is 326. The first-order chi connectivity index (χ1) is 8.17. The molecule has 94 valence electrons. The van der Waals surface area contributed by atoms with Crippen molar-refractivity contribution < 1.29 is 19.1 Å². The van der Waals surface area contributed by atoms with E-state index in [4.69, 9.17) is 10.00 Å². The summed E-state index contributed by atoms with van der Waals surface area (Å²) in [5.74, 6) is -0.677. The van der Waals surface area contributed by atoms with Crippen molar-refractivity contribution >= 4 is 11.9 Å². The van der Waals surface area contributed by atoms with E-state index in [1.807, 2.05) is 6.07 Å².